The molecule has 1 aromatic heterocycles. The number of nitrogens with zero attached hydrogens (tertiary/aromatic N) is 2. The van der Waals surface area contributed by atoms with Crippen molar-refractivity contribution in [2.45, 2.75) is 13.5 Å². The van der Waals surface area contributed by atoms with Gasteiger partial charge in [0.25, 0.3) is 0 Å². The molecule has 0 spiro atoms. The number of ether oxygens (including phenoxy) is 1. The molecule has 0 radical (unpaired) electrons. The number of hydrogen-bond donors (Lipinski definition) is 0. The predicted octanol–water partition coefficient (Wildman–Crippen LogP) is 2.49. The summed E-state index contributed by atoms with van der Waals surface area (Å²) in [5, 5.41) is 0. The van der Waals surface area contributed by atoms with Crippen LogP contribution >= 0.6 is 0 Å². The molecule has 0 saturated carbocycles. The van der Waals surface area contributed by atoms with Gasteiger partial charge in [0.15, 0.2) is 5.82 Å². The predicted molar refractivity (Wildman–Crippen MR) is 68.2 cm³/mol. The lowest BCUT2D eigenvalue weighted by atomic mass is 10.3. The average Bonchev–Trinajstić information content (AvgIpc) is 2.85. The Morgan fingerprint density at radius 3 is 2.78 bits per heavy atom. The number of esters is 1. The van der Waals surface area contributed by atoms with E-state index in [0.717, 1.165) is 5.69 Å². The Morgan fingerprint density at radius 2 is 2.11 bits per heavy atom. The van der Waals surface area contributed by atoms with Crippen LogP contribution in [0.5, 0.6) is 0 Å². The van der Waals surface area contributed by atoms with Gasteiger partial charge in [-0.25, -0.2) is 9.78 Å². The normalized spacial score (nSPS) is 10.1. The first-order chi connectivity index (χ1) is 8.68. The highest BCUT2D eigenvalue weighted by Crippen LogP contribution is 2.11. The number of imidazole rings is 1. The first kappa shape index (κ1) is 12.1. The van der Waals surface area contributed by atoms with Gasteiger partial charge in [-0.2, -0.15) is 0 Å². The molecule has 1 aromatic carbocycles. The SMILES string of the molecule is C=C(C)C(=O)OCc1nccn1-c1ccccc1. The maximum atomic E-state index is 11.3. The molecule has 0 aliphatic rings. The Kier molecular flexibility index (Phi) is 3.57. The lowest BCUT2D eigenvalue weighted by Gasteiger charge is -2.08. The topological polar surface area (TPSA) is 44.1 Å². The summed E-state index contributed by atoms with van der Waals surface area (Å²) >= 11 is 0. The third-order valence-corrected chi connectivity index (χ3v) is 2.43. The summed E-state index contributed by atoms with van der Waals surface area (Å²) in [4.78, 5) is 15.5. The van der Waals surface area contributed by atoms with Gasteiger partial charge in [-0.1, -0.05) is 24.8 Å². The second-order valence-electron chi connectivity index (χ2n) is 3.91. The second-order valence-corrected chi connectivity index (χ2v) is 3.91. The number of hydrogen-bond acceptors (Lipinski definition) is 3. The third-order valence-electron chi connectivity index (χ3n) is 2.43. The summed E-state index contributed by atoms with van der Waals surface area (Å²) in [6, 6.07) is 9.76. The minimum atomic E-state index is -0.405. The summed E-state index contributed by atoms with van der Waals surface area (Å²) < 4.78 is 6.97. The van der Waals surface area contributed by atoms with Crippen LogP contribution in [0, 0.1) is 0 Å². The van der Waals surface area contributed by atoms with Gasteiger partial charge >= 0.3 is 5.97 Å². The Hall–Kier alpha value is -2.36. The Morgan fingerprint density at radius 1 is 1.39 bits per heavy atom. The van der Waals surface area contributed by atoms with Crippen LogP contribution in [0.2, 0.25) is 0 Å². The molecular weight excluding hydrogens is 228 g/mol. The van der Waals surface area contributed by atoms with Crippen LogP contribution in [0.25, 0.3) is 5.69 Å². The zero-order valence-electron chi connectivity index (χ0n) is 10.2. The van der Waals surface area contributed by atoms with Crippen LogP contribution in [0.3, 0.4) is 0 Å². The van der Waals surface area contributed by atoms with Crippen LogP contribution in [-0.2, 0) is 16.1 Å². The van der Waals surface area contributed by atoms with Gasteiger partial charge in [-0.05, 0) is 19.1 Å². The summed E-state index contributed by atoms with van der Waals surface area (Å²) in [6.45, 7) is 5.28. The number of carbonyl (C=O) groups excluding carboxylic acids is 1. The zero-order chi connectivity index (χ0) is 13.0. The largest absolute Gasteiger partial charge is 0.454 e. The zero-order valence-corrected chi connectivity index (χ0v) is 10.2. The van der Waals surface area contributed by atoms with E-state index in [4.69, 9.17) is 4.74 Å². The van der Waals surface area contributed by atoms with E-state index < -0.39 is 5.97 Å². The van der Waals surface area contributed by atoms with Crippen LogP contribution in [-0.4, -0.2) is 15.5 Å². The number of benzene rings is 1. The first-order valence-electron chi connectivity index (χ1n) is 5.59. The third kappa shape index (κ3) is 2.66. The monoisotopic (exact) mass is 242 g/mol. The molecule has 0 aliphatic carbocycles. The van der Waals surface area contributed by atoms with Gasteiger partial charge in [0.2, 0.25) is 0 Å². The van der Waals surface area contributed by atoms with Crippen LogP contribution < -0.4 is 0 Å². The maximum Gasteiger partial charge on any atom is 0.333 e. The van der Waals surface area contributed by atoms with E-state index in [1.165, 1.54) is 0 Å². The molecule has 4 nitrogen and oxygen atoms in total. The quantitative estimate of drug-likeness (QED) is 0.611. The molecule has 0 bridgehead atoms. The van der Waals surface area contributed by atoms with Crippen LogP contribution in [0.1, 0.15) is 12.7 Å². The van der Waals surface area contributed by atoms with Crippen LogP contribution in [0.15, 0.2) is 54.9 Å². The van der Waals surface area contributed by atoms with Crippen molar-refractivity contribution in [3.8, 4) is 5.69 Å². The fourth-order valence-corrected chi connectivity index (χ4v) is 1.52. The highest BCUT2D eigenvalue weighted by molar-refractivity contribution is 5.86. The summed E-state index contributed by atoms with van der Waals surface area (Å²) in [5.74, 6) is 0.272. The molecule has 4 heteroatoms. The molecule has 1 heterocycles. The van der Waals surface area contributed by atoms with Crippen molar-refractivity contribution in [2.24, 2.45) is 0 Å². The van der Waals surface area contributed by atoms with Gasteiger partial charge in [0.05, 0.1) is 0 Å². The van der Waals surface area contributed by atoms with Gasteiger partial charge in [-0.3, -0.25) is 0 Å². The lowest BCUT2D eigenvalue weighted by molar-refractivity contribution is -0.140. The second kappa shape index (κ2) is 5.31. The molecule has 0 amide bonds. The highest BCUT2D eigenvalue weighted by Gasteiger charge is 2.08. The lowest BCUT2D eigenvalue weighted by Crippen LogP contribution is -2.08. The fraction of sp³-hybridized carbons (Fsp3) is 0.143. The van der Waals surface area contributed by atoms with E-state index in [1.54, 1.807) is 13.1 Å². The van der Waals surface area contributed by atoms with Crippen molar-refractivity contribution in [1.29, 1.82) is 0 Å². The van der Waals surface area contributed by atoms with Crippen molar-refractivity contribution in [2.75, 3.05) is 0 Å². The van der Waals surface area contributed by atoms with E-state index >= 15 is 0 Å². The Labute approximate surface area is 106 Å². The summed E-state index contributed by atoms with van der Waals surface area (Å²) in [7, 11) is 0. The maximum absolute atomic E-state index is 11.3. The minimum Gasteiger partial charge on any atom is -0.454 e. The molecule has 0 atom stereocenters. The molecule has 2 aromatic rings. The van der Waals surface area contributed by atoms with Crippen molar-refractivity contribution >= 4 is 5.97 Å². The summed E-state index contributed by atoms with van der Waals surface area (Å²) in [6.07, 6.45) is 3.51. The van der Waals surface area contributed by atoms with E-state index in [1.807, 2.05) is 41.1 Å². The standard InChI is InChI=1S/C14H14N2O2/c1-11(2)14(17)18-10-13-15-8-9-16(13)12-6-4-3-5-7-12/h3-9H,1,10H2,2H3. The van der Waals surface area contributed by atoms with Gasteiger partial charge in [-0.15, -0.1) is 0 Å². The number of rotatable bonds is 4. The number of para-hydroxylation sites is 1. The molecule has 18 heavy (non-hydrogen) atoms. The van der Waals surface area contributed by atoms with Crippen LogP contribution in [0.4, 0.5) is 0 Å². The van der Waals surface area contributed by atoms with Crippen molar-refractivity contribution < 1.29 is 9.53 Å². The molecule has 92 valence electrons. The number of carbonyl (C=O) groups is 1. The minimum absolute atomic E-state index is 0.133. The van der Waals surface area contributed by atoms with Gasteiger partial charge in [0.1, 0.15) is 6.61 Å². The molecular formula is C14H14N2O2. The molecule has 0 unspecified atom stereocenters. The first-order valence-corrected chi connectivity index (χ1v) is 5.59. The van der Waals surface area contributed by atoms with Crippen molar-refractivity contribution in [1.82, 2.24) is 9.55 Å². The molecule has 0 saturated heterocycles. The van der Waals surface area contributed by atoms with Gasteiger partial charge < -0.3 is 9.30 Å². The fourth-order valence-electron chi connectivity index (χ4n) is 1.52. The van der Waals surface area contributed by atoms with E-state index in [-0.39, 0.29) is 6.61 Å². The van der Waals surface area contributed by atoms with Crippen molar-refractivity contribution in [3.63, 3.8) is 0 Å². The molecule has 2 rings (SSSR count). The summed E-state index contributed by atoms with van der Waals surface area (Å²) in [5.41, 5.74) is 1.36. The van der Waals surface area contributed by atoms with E-state index in [0.29, 0.717) is 11.4 Å². The Bertz CT molecular complexity index is 558. The Balaban J connectivity index is 2.14. The molecule has 0 fully saturated rings. The molecule has 0 aliphatic heterocycles. The van der Waals surface area contributed by atoms with Gasteiger partial charge in [0, 0.05) is 23.7 Å². The van der Waals surface area contributed by atoms with E-state index in [9.17, 15) is 4.79 Å². The molecule has 0 N–H and O–H groups in total. The van der Waals surface area contributed by atoms with E-state index in [2.05, 4.69) is 11.6 Å². The van der Waals surface area contributed by atoms with Crippen molar-refractivity contribution in [3.05, 3.63) is 60.7 Å². The smallest absolute Gasteiger partial charge is 0.333 e. The average molecular weight is 242 g/mol. The highest BCUT2D eigenvalue weighted by atomic mass is 16.5. The number of aromatic nitrogens is 2.